The molecule has 0 spiro atoms. The lowest BCUT2D eigenvalue weighted by atomic mass is 10.1. The Bertz CT molecular complexity index is 226. The van der Waals surface area contributed by atoms with E-state index in [0.29, 0.717) is 13.0 Å². The minimum absolute atomic E-state index is 0.0643. The normalized spacial score (nSPS) is 14.1. The molecule has 3 heteroatoms. The van der Waals surface area contributed by atoms with Crippen LogP contribution in [0.4, 0.5) is 0 Å². The molecule has 3 nitrogen and oxygen atoms in total. The summed E-state index contributed by atoms with van der Waals surface area (Å²) in [6, 6.07) is 0. The molecule has 0 aliphatic rings. The van der Waals surface area contributed by atoms with Crippen LogP contribution in [0.25, 0.3) is 0 Å². The maximum absolute atomic E-state index is 11.1. The molecule has 0 radical (unpaired) electrons. The van der Waals surface area contributed by atoms with Crippen LogP contribution in [0.2, 0.25) is 0 Å². The summed E-state index contributed by atoms with van der Waals surface area (Å²) in [5.41, 5.74) is -0.158. The zero-order chi connectivity index (χ0) is 12.6. The summed E-state index contributed by atoms with van der Waals surface area (Å²) in [5, 5.41) is 0. The summed E-state index contributed by atoms with van der Waals surface area (Å²) < 4.78 is 10.6. The third kappa shape index (κ3) is 8.48. The van der Waals surface area contributed by atoms with Crippen molar-refractivity contribution in [2.75, 3.05) is 6.61 Å². The van der Waals surface area contributed by atoms with E-state index in [9.17, 15) is 4.79 Å². The number of hydrogen-bond donors (Lipinski definition) is 0. The van der Waals surface area contributed by atoms with Crippen LogP contribution in [-0.4, -0.2) is 24.3 Å². The first-order chi connectivity index (χ1) is 7.39. The van der Waals surface area contributed by atoms with E-state index < -0.39 is 0 Å². The predicted molar refractivity (Wildman–Crippen MR) is 65.3 cm³/mol. The van der Waals surface area contributed by atoms with Gasteiger partial charge < -0.3 is 9.47 Å². The van der Waals surface area contributed by atoms with E-state index in [1.54, 1.807) is 6.92 Å². The van der Waals surface area contributed by atoms with Crippen LogP contribution in [0.15, 0.2) is 12.2 Å². The molecule has 0 fully saturated rings. The Balaban J connectivity index is 4.02. The van der Waals surface area contributed by atoms with Crippen molar-refractivity contribution in [3.8, 4) is 0 Å². The second-order valence-corrected chi connectivity index (χ2v) is 4.61. The summed E-state index contributed by atoms with van der Waals surface area (Å²) in [4.78, 5) is 11.1. The van der Waals surface area contributed by atoms with Gasteiger partial charge in [0.15, 0.2) is 0 Å². The molecular weight excluding hydrogens is 204 g/mol. The highest BCUT2D eigenvalue weighted by Gasteiger charge is 2.15. The van der Waals surface area contributed by atoms with Crippen LogP contribution >= 0.6 is 0 Å². The van der Waals surface area contributed by atoms with Crippen LogP contribution < -0.4 is 0 Å². The van der Waals surface area contributed by atoms with E-state index in [-0.39, 0.29) is 17.7 Å². The molecule has 0 saturated carbocycles. The van der Waals surface area contributed by atoms with Gasteiger partial charge in [-0.1, -0.05) is 19.1 Å². The molecule has 0 bridgehead atoms. The number of carbonyl (C=O) groups excluding carboxylic acids is 1. The molecule has 0 aromatic rings. The summed E-state index contributed by atoms with van der Waals surface area (Å²) in [7, 11) is 0. The molecule has 0 rings (SSSR count). The average molecular weight is 228 g/mol. The SMILES string of the molecule is CCOC(=O)CC=CC(CC)OC(C)(C)C. The highest BCUT2D eigenvalue weighted by molar-refractivity contribution is 5.71. The summed E-state index contributed by atoms with van der Waals surface area (Å²) in [5.74, 6) is -0.190. The van der Waals surface area contributed by atoms with Crippen LogP contribution in [0.1, 0.15) is 47.5 Å². The smallest absolute Gasteiger partial charge is 0.309 e. The first-order valence-corrected chi connectivity index (χ1v) is 5.89. The third-order valence-corrected chi connectivity index (χ3v) is 1.85. The Kier molecular flexibility index (Phi) is 7.06. The second kappa shape index (κ2) is 7.44. The molecular formula is C13H24O3. The topological polar surface area (TPSA) is 35.5 Å². The van der Waals surface area contributed by atoms with Gasteiger partial charge in [0.1, 0.15) is 0 Å². The predicted octanol–water partition coefficient (Wildman–Crippen LogP) is 3.09. The van der Waals surface area contributed by atoms with Crippen LogP contribution in [-0.2, 0) is 14.3 Å². The molecule has 16 heavy (non-hydrogen) atoms. The number of ether oxygens (including phenoxy) is 2. The van der Waals surface area contributed by atoms with E-state index in [1.165, 1.54) is 0 Å². The lowest BCUT2D eigenvalue weighted by Crippen LogP contribution is -2.25. The molecule has 1 atom stereocenters. The minimum atomic E-state index is -0.190. The maximum atomic E-state index is 11.1. The van der Waals surface area contributed by atoms with Crippen LogP contribution in [0.5, 0.6) is 0 Å². The molecule has 0 aliphatic heterocycles. The van der Waals surface area contributed by atoms with Crippen molar-refractivity contribution in [3.05, 3.63) is 12.2 Å². The first-order valence-electron chi connectivity index (χ1n) is 5.89. The van der Waals surface area contributed by atoms with Gasteiger partial charge in [0, 0.05) is 0 Å². The standard InChI is InChI=1S/C13H24O3/c1-6-11(16-13(3,4)5)9-8-10-12(14)15-7-2/h8-9,11H,6-7,10H2,1-5H3. The van der Waals surface area contributed by atoms with E-state index in [2.05, 4.69) is 6.92 Å². The molecule has 1 unspecified atom stereocenters. The van der Waals surface area contributed by atoms with Crippen molar-refractivity contribution in [3.63, 3.8) is 0 Å². The summed E-state index contributed by atoms with van der Waals surface area (Å²) in [6.45, 7) is 10.4. The van der Waals surface area contributed by atoms with Gasteiger partial charge in [-0.3, -0.25) is 4.79 Å². The first kappa shape index (κ1) is 15.2. The van der Waals surface area contributed by atoms with Crippen LogP contribution in [0, 0.1) is 0 Å². The fourth-order valence-electron chi connectivity index (χ4n) is 1.25. The summed E-state index contributed by atoms with van der Waals surface area (Å²) in [6.07, 6.45) is 5.03. The van der Waals surface area contributed by atoms with Crippen molar-refractivity contribution >= 4 is 5.97 Å². The van der Waals surface area contributed by atoms with Crippen molar-refractivity contribution in [1.82, 2.24) is 0 Å². The van der Waals surface area contributed by atoms with Crippen molar-refractivity contribution < 1.29 is 14.3 Å². The van der Waals surface area contributed by atoms with Gasteiger partial charge in [-0.05, 0) is 34.1 Å². The highest BCUT2D eigenvalue weighted by Crippen LogP contribution is 2.14. The molecule has 0 saturated heterocycles. The van der Waals surface area contributed by atoms with E-state index in [4.69, 9.17) is 9.47 Å². The zero-order valence-electron chi connectivity index (χ0n) is 11.1. The van der Waals surface area contributed by atoms with E-state index in [1.807, 2.05) is 32.9 Å². The van der Waals surface area contributed by atoms with Gasteiger partial charge >= 0.3 is 5.97 Å². The largest absolute Gasteiger partial charge is 0.466 e. The molecule has 0 N–H and O–H groups in total. The van der Waals surface area contributed by atoms with Gasteiger partial charge in [-0.25, -0.2) is 0 Å². The monoisotopic (exact) mass is 228 g/mol. The maximum Gasteiger partial charge on any atom is 0.309 e. The quantitative estimate of drug-likeness (QED) is 0.517. The third-order valence-electron chi connectivity index (χ3n) is 1.85. The number of hydrogen-bond acceptors (Lipinski definition) is 3. The van der Waals surface area contributed by atoms with Gasteiger partial charge in [0.25, 0.3) is 0 Å². The van der Waals surface area contributed by atoms with Crippen molar-refractivity contribution in [2.24, 2.45) is 0 Å². The molecule has 0 heterocycles. The Morgan fingerprint density at radius 1 is 1.31 bits per heavy atom. The molecule has 0 aliphatic carbocycles. The number of esters is 1. The fraction of sp³-hybridized carbons (Fsp3) is 0.769. The van der Waals surface area contributed by atoms with Gasteiger partial charge in [-0.15, -0.1) is 0 Å². The molecule has 0 aromatic heterocycles. The van der Waals surface area contributed by atoms with Crippen LogP contribution in [0.3, 0.4) is 0 Å². The minimum Gasteiger partial charge on any atom is -0.466 e. The van der Waals surface area contributed by atoms with Gasteiger partial charge in [0.05, 0.1) is 24.7 Å². The Morgan fingerprint density at radius 2 is 1.94 bits per heavy atom. The second-order valence-electron chi connectivity index (χ2n) is 4.61. The van der Waals surface area contributed by atoms with Gasteiger partial charge in [0.2, 0.25) is 0 Å². The van der Waals surface area contributed by atoms with Gasteiger partial charge in [-0.2, -0.15) is 0 Å². The van der Waals surface area contributed by atoms with E-state index >= 15 is 0 Å². The van der Waals surface area contributed by atoms with E-state index in [0.717, 1.165) is 6.42 Å². The number of carbonyl (C=O) groups is 1. The zero-order valence-corrected chi connectivity index (χ0v) is 11.1. The average Bonchev–Trinajstić information content (AvgIpc) is 2.14. The molecule has 0 amide bonds. The highest BCUT2D eigenvalue weighted by atomic mass is 16.5. The lowest BCUT2D eigenvalue weighted by molar-refractivity contribution is -0.142. The molecule has 0 aromatic carbocycles. The lowest BCUT2D eigenvalue weighted by Gasteiger charge is -2.24. The Labute approximate surface area is 98.8 Å². The van der Waals surface area contributed by atoms with Crippen molar-refractivity contribution in [1.29, 1.82) is 0 Å². The Morgan fingerprint density at radius 3 is 2.38 bits per heavy atom. The number of rotatable bonds is 6. The Hall–Kier alpha value is -0.830. The van der Waals surface area contributed by atoms with Crippen molar-refractivity contribution in [2.45, 2.75) is 59.2 Å². The summed E-state index contributed by atoms with van der Waals surface area (Å²) >= 11 is 0. The molecule has 94 valence electrons. The fourth-order valence-corrected chi connectivity index (χ4v) is 1.25.